The van der Waals surface area contributed by atoms with Crippen LogP contribution in [-0.4, -0.2) is 76.7 Å². The lowest BCUT2D eigenvalue weighted by Gasteiger charge is -2.38. The predicted molar refractivity (Wildman–Crippen MR) is 95.0 cm³/mol. The minimum atomic E-state index is -1.30. The molecule has 0 radical (unpaired) electrons. The van der Waals surface area contributed by atoms with Crippen LogP contribution in [0, 0.1) is 10.1 Å². The van der Waals surface area contributed by atoms with E-state index in [9.17, 15) is 20.3 Å². The fourth-order valence-electron chi connectivity index (χ4n) is 3.51. The summed E-state index contributed by atoms with van der Waals surface area (Å²) in [5.74, 6) is 0.126. The standard InChI is InChI=1S/C16H21N5O6/c22-10-16(23)2-1-3-20(9-16)14-11(21(24)25)8-12-13(17-14)18-15(27-12)19-4-6-26-7-5-19/h8,22-23H,1-7,9-10H2. The number of piperidine rings is 1. The summed E-state index contributed by atoms with van der Waals surface area (Å²) in [5.41, 5.74) is -1.00. The Balaban J connectivity index is 1.72. The van der Waals surface area contributed by atoms with Crippen LogP contribution in [0.2, 0.25) is 0 Å². The van der Waals surface area contributed by atoms with Gasteiger partial charge in [-0.2, -0.15) is 4.98 Å². The normalized spacial score (nSPS) is 23.8. The summed E-state index contributed by atoms with van der Waals surface area (Å²) in [6.45, 7) is 2.52. The molecule has 0 spiro atoms. The smallest absolute Gasteiger partial charge is 0.315 e. The van der Waals surface area contributed by atoms with E-state index in [4.69, 9.17) is 9.15 Å². The maximum Gasteiger partial charge on any atom is 0.315 e. The van der Waals surface area contributed by atoms with Crippen molar-refractivity contribution in [3.05, 3.63) is 16.2 Å². The first-order valence-electron chi connectivity index (χ1n) is 8.86. The van der Waals surface area contributed by atoms with E-state index in [1.54, 1.807) is 4.90 Å². The van der Waals surface area contributed by atoms with Crippen molar-refractivity contribution in [1.29, 1.82) is 0 Å². The third kappa shape index (κ3) is 3.40. The molecule has 2 N–H and O–H groups in total. The molecular formula is C16H21N5O6. The van der Waals surface area contributed by atoms with Gasteiger partial charge in [-0.15, -0.1) is 0 Å². The average Bonchev–Trinajstić information content (AvgIpc) is 3.11. The molecule has 2 fully saturated rings. The van der Waals surface area contributed by atoms with Gasteiger partial charge in [0.2, 0.25) is 11.5 Å². The van der Waals surface area contributed by atoms with Crippen molar-refractivity contribution < 1.29 is 24.3 Å². The van der Waals surface area contributed by atoms with Crippen molar-refractivity contribution in [1.82, 2.24) is 9.97 Å². The SMILES string of the molecule is O=[N+]([O-])c1cc2oc(N3CCOCC3)nc2nc1N1CCCC(O)(CO)C1. The highest BCUT2D eigenvalue weighted by molar-refractivity contribution is 5.78. The van der Waals surface area contributed by atoms with Gasteiger partial charge < -0.3 is 29.2 Å². The van der Waals surface area contributed by atoms with Crippen LogP contribution in [0.3, 0.4) is 0 Å². The number of ether oxygens (including phenoxy) is 1. The fourth-order valence-corrected chi connectivity index (χ4v) is 3.51. The van der Waals surface area contributed by atoms with Crippen LogP contribution in [0.25, 0.3) is 11.2 Å². The van der Waals surface area contributed by atoms with Crippen molar-refractivity contribution >= 4 is 28.8 Å². The van der Waals surface area contributed by atoms with Crippen LogP contribution >= 0.6 is 0 Å². The van der Waals surface area contributed by atoms with Gasteiger partial charge in [-0.25, -0.2) is 4.98 Å². The van der Waals surface area contributed by atoms with E-state index in [2.05, 4.69) is 9.97 Å². The number of nitro groups is 1. The molecule has 0 bridgehead atoms. The second-order valence-corrected chi connectivity index (χ2v) is 6.91. The molecule has 0 aliphatic carbocycles. The highest BCUT2D eigenvalue weighted by Crippen LogP contribution is 2.34. The number of oxazole rings is 1. The average molecular weight is 379 g/mol. The summed E-state index contributed by atoms with van der Waals surface area (Å²) in [6, 6.07) is 1.68. The van der Waals surface area contributed by atoms with Crippen LogP contribution in [0.1, 0.15) is 12.8 Å². The Morgan fingerprint density at radius 1 is 1.26 bits per heavy atom. The van der Waals surface area contributed by atoms with Crippen molar-refractivity contribution in [3.8, 4) is 0 Å². The molecule has 11 nitrogen and oxygen atoms in total. The van der Waals surface area contributed by atoms with Gasteiger partial charge in [-0.3, -0.25) is 10.1 Å². The number of aliphatic hydroxyl groups is 2. The molecule has 4 rings (SSSR count). The number of hydrogen-bond acceptors (Lipinski definition) is 10. The minimum Gasteiger partial charge on any atom is -0.421 e. The number of hydrogen-bond donors (Lipinski definition) is 2. The van der Waals surface area contributed by atoms with E-state index in [0.717, 1.165) is 0 Å². The van der Waals surface area contributed by atoms with Crippen LogP contribution in [0.5, 0.6) is 0 Å². The number of rotatable bonds is 4. The van der Waals surface area contributed by atoms with Crippen molar-refractivity contribution in [3.63, 3.8) is 0 Å². The topological polar surface area (TPSA) is 138 Å². The summed E-state index contributed by atoms with van der Waals surface area (Å²) in [5, 5.41) is 31.4. The number of aliphatic hydroxyl groups excluding tert-OH is 1. The van der Waals surface area contributed by atoms with Gasteiger partial charge in [0.25, 0.3) is 6.01 Å². The molecule has 2 aliphatic heterocycles. The van der Waals surface area contributed by atoms with Crippen LogP contribution in [0.4, 0.5) is 17.5 Å². The zero-order chi connectivity index (χ0) is 19.0. The van der Waals surface area contributed by atoms with Gasteiger partial charge in [0.05, 0.1) is 37.4 Å². The first kappa shape index (κ1) is 17.9. The molecular weight excluding hydrogens is 358 g/mol. The Kier molecular flexibility index (Phi) is 4.58. The van der Waals surface area contributed by atoms with Gasteiger partial charge in [0.15, 0.2) is 5.58 Å². The maximum absolute atomic E-state index is 11.6. The second kappa shape index (κ2) is 6.91. The minimum absolute atomic E-state index is 0.0665. The number of β-amino-alcohol motifs (C(OH)–C–C–N with tert-alkyl or cyclic N) is 1. The summed E-state index contributed by atoms with van der Waals surface area (Å²) >= 11 is 0. The molecule has 2 aromatic heterocycles. The summed E-state index contributed by atoms with van der Waals surface area (Å²) in [7, 11) is 0. The second-order valence-electron chi connectivity index (χ2n) is 6.91. The molecule has 0 saturated carbocycles. The number of fused-ring (bicyclic) bond motifs is 1. The van der Waals surface area contributed by atoms with Crippen molar-refractivity contribution in [2.24, 2.45) is 0 Å². The van der Waals surface area contributed by atoms with E-state index in [1.165, 1.54) is 6.07 Å². The highest BCUT2D eigenvalue weighted by atomic mass is 16.6. The quantitative estimate of drug-likeness (QED) is 0.563. The molecule has 1 unspecified atom stereocenters. The summed E-state index contributed by atoms with van der Waals surface area (Å²) < 4.78 is 11.0. The summed E-state index contributed by atoms with van der Waals surface area (Å²) in [6.07, 6.45) is 1.02. The van der Waals surface area contributed by atoms with Crippen LogP contribution in [-0.2, 0) is 4.74 Å². The molecule has 4 heterocycles. The van der Waals surface area contributed by atoms with Gasteiger partial charge >= 0.3 is 5.69 Å². The van der Waals surface area contributed by atoms with Crippen molar-refractivity contribution in [2.75, 3.05) is 55.8 Å². The Morgan fingerprint density at radius 3 is 2.74 bits per heavy atom. The van der Waals surface area contributed by atoms with Gasteiger partial charge in [0, 0.05) is 19.6 Å². The van der Waals surface area contributed by atoms with Crippen LogP contribution < -0.4 is 9.80 Å². The first-order valence-corrected chi connectivity index (χ1v) is 8.86. The monoisotopic (exact) mass is 379 g/mol. The van der Waals surface area contributed by atoms with E-state index in [-0.39, 0.29) is 29.3 Å². The Labute approximate surface area is 154 Å². The van der Waals surface area contributed by atoms with E-state index < -0.39 is 17.1 Å². The molecule has 27 heavy (non-hydrogen) atoms. The number of anilines is 2. The fraction of sp³-hybridized carbons (Fsp3) is 0.625. The molecule has 146 valence electrons. The van der Waals surface area contributed by atoms with Gasteiger partial charge in [-0.1, -0.05) is 0 Å². The number of nitrogens with zero attached hydrogens (tertiary/aromatic N) is 5. The number of pyridine rings is 1. The lowest BCUT2D eigenvalue weighted by atomic mass is 9.94. The molecule has 2 aliphatic rings. The number of aromatic nitrogens is 2. The van der Waals surface area contributed by atoms with E-state index in [0.29, 0.717) is 51.7 Å². The largest absolute Gasteiger partial charge is 0.421 e. The molecule has 2 aromatic rings. The Hall–Kier alpha value is -2.50. The lowest BCUT2D eigenvalue weighted by molar-refractivity contribution is -0.384. The number of morpholine rings is 1. The Morgan fingerprint density at radius 2 is 2.04 bits per heavy atom. The molecule has 1 atom stereocenters. The van der Waals surface area contributed by atoms with Crippen molar-refractivity contribution in [2.45, 2.75) is 18.4 Å². The first-order chi connectivity index (χ1) is 13.0. The van der Waals surface area contributed by atoms with E-state index >= 15 is 0 Å². The zero-order valence-electron chi connectivity index (χ0n) is 14.7. The lowest BCUT2D eigenvalue weighted by Crippen LogP contribution is -2.50. The Bertz CT molecular complexity index is 851. The van der Waals surface area contributed by atoms with Gasteiger partial charge in [0.1, 0.15) is 5.60 Å². The molecule has 0 aromatic carbocycles. The molecule has 11 heteroatoms. The van der Waals surface area contributed by atoms with Crippen LogP contribution in [0.15, 0.2) is 10.5 Å². The maximum atomic E-state index is 11.6. The third-order valence-electron chi connectivity index (χ3n) is 4.96. The van der Waals surface area contributed by atoms with E-state index in [1.807, 2.05) is 4.90 Å². The zero-order valence-corrected chi connectivity index (χ0v) is 14.7. The summed E-state index contributed by atoms with van der Waals surface area (Å²) in [4.78, 5) is 23.3. The highest BCUT2D eigenvalue weighted by Gasteiger charge is 2.36. The van der Waals surface area contributed by atoms with Gasteiger partial charge in [-0.05, 0) is 12.8 Å². The predicted octanol–water partition coefficient (Wildman–Crippen LogP) is 0.291. The molecule has 2 saturated heterocycles. The molecule has 0 amide bonds. The third-order valence-corrected chi connectivity index (χ3v) is 4.96.